The molecule has 0 aliphatic heterocycles. The van der Waals surface area contributed by atoms with Crippen LogP contribution in [0.1, 0.15) is 16.7 Å². The van der Waals surface area contributed by atoms with Gasteiger partial charge in [0.05, 0.1) is 5.56 Å². The Balaban J connectivity index is 1.76. The Kier molecular flexibility index (Phi) is 5.26. The van der Waals surface area contributed by atoms with Gasteiger partial charge in [0, 0.05) is 6.07 Å². The molecule has 0 heterocycles. The molecule has 27 heavy (non-hydrogen) atoms. The SMILES string of the molecule is Cc1cc(OCc2ccccc2)cc(Oc2ccc(C(F)(F)F)cc2O)c1. The maximum absolute atomic E-state index is 12.7. The molecule has 0 spiro atoms. The van der Waals surface area contributed by atoms with Gasteiger partial charge in [0.15, 0.2) is 11.5 Å². The molecule has 0 bridgehead atoms. The standard InChI is InChI=1S/C21H17F3O3/c1-14-9-17(26-13-15-5-3-2-4-6-15)12-18(10-14)27-20-8-7-16(11-19(20)25)21(22,23)24/h2-12,25H,13H2,1H3. The van der Waals surface area contributed by atoms with Crippen LogP contribution in [0, 0.1) is 6.92 Å². The van der Waals surface area contributed by atoms with Crippen molar-refractivity contribution in [2.24, 2.45) is 0 Å². The molecule has 0 saturated carbocycles. The van der Waals surface area contributed by atoms with Crippen LogP contribution in [0.2, 0.25) is 0 Å². The third-order valence-electron chi connectivity index (χ3n) is 3.79. The van der Waals surface area contributed by atoms with Crippen molar-refractivity contribution >= 4 is 0 Å². The van der Waals surface area contributed by atoms with Gasteiger partial charge in [-0.05, 0) is 48.4 Å². The van der Waals surface area contributed by atoms with E-state index in [9.17, 15) is 18.3 Å². The molecule has 3 aromatic rings. The Bertz CT molecular complexity index is 922. The molecule has 3 rings (SSSR count). The molecular weight excluding hydrogens is 357 g/mol. The Labute approximate surface area is 154 Å². The summed E-state index contributed by atoms with van der Waals surface area (Å²) in [6.45, 7) is 2.21. The molecule has 0 amide bonds. The second-order valence-electron chi connectivity index (χ2n) is 6.04. The van der Waals surface area contributed by atoms with Gasteiger partial charge in [-0.3, -0.25) is 0 Å². The number of hydrogen-bond acceptors (Lipinski definition) is 3. The van der Waals surface area contributed by atoms with Crippen LogP contribution < -0.4 is 9.47 Å². The molecule has 0 aromatic heterocycles. The average molecular weight is 374 g/mol. The van der Waals surface area contributed by atoms with Crippen LogP contribution in [0.5, 0.6) is 23.0 Å². The number of ether oxygens (including phenoxy) is 2. The lowest BCUT2D eigenvalue weighted by Crippen LogP contribution is -2.04. The van der Waals surface area contributed by atoms with Gasteiger partial charge in [-0.1, -0.05) is 30.3 Å². The first-order valence-electron chi connectivity index (χ1n) is 8.18. The first kappa shape index (κ1) is 18.6. The van der Waals surface area contributed by atoms with Gasteiger partial charge in [0.2, 0.25) is 0 Å². The molecule has 0 saturated heterocycles. The summed E-state index contributed by atoms with van der Waals surface area (Å²) < 4.78 is 49.4. The van der Waals surface area contributed by atoms with Crippen molar-refractivity contribution in [2.75, 3.05) is 0 Å². The van der Waals surface area contributed by atoms with Crippen molar-refractivity contribution in [1.82, 2.24) is 0 Å². The first-order valence-corrected chi connectivity index (χ1v) is 8.18. The highest BCUT2D eigenvalue weighted by molar-refractivity contribution is 5.47. The van der Waals surface area contributed by atoms with Crippen LogP contribution >= 0.6 is 0 Å². The summed E-state index contributed by atoms with van der Waals surface area (Å²) in [7, 11) is 0. The number of phenolic OH excluding ortho intramolecular Hbond substituents is 1. The molecule has 3 aromatic carbocycles. The van der Waals surface area contributed by atoms with E-state index in [1.807, 2.05) is 43.3 Å². The fourth-order valence-corrected chi connectivity index (χ4v) is 2.50. The predicted octanol–water partition coefficient (Wildman–Crippen LogP) is 6.09. The number of benzene rings is 3. The van der Waals surface area contributed by atoms with E-state index in [0.29, 0.717) is 24.2 Å². The van der Waals surface area contributed by atoms with Gasteiger partial charge in [0.25, 0.3) is 0 Å². The Hall–Kier alpha value is -3.15. The fraction of sp³-hybridized carbons (Fsp3) is 0.143. The van der Waals surface area contributed by atoms with Crippen molar-refractivity contribution in [3.63, 3.8) is 0 Å². The van der Waals surface area contributed by atoms with E-state index in [2.05, 4.69) is 0 Å². The number of hydrogen-bond donors (Lipinski definition) is 1. The Morgan fingerprint density at radius 1 is 0.889 bits per heavy atom. The van der Waals surface area contributed by atoms with E-state index in [1.54, 1.807) is 12.1 Å². The van der Waals surface area contributed by atoms with Gasteiger partial charge in [-0.25, -0.2) is 0 Å². The molecule has 3 nitrogen and oxygen atoms in total. The normalized spacial score (nSPS) is 11.3. The van der Waals surface area contributed by atoms with Crippen LogP contribution in [0.3, 0.4) is 0 Å². The van der Waals surface area contributed by atoms with E-state index < -0.39 is 17.5 Å². The predicted molar refractivity (Wildman–Crippen MR) is 95.1 cm³/mol. The smallest absolute Gasteiger partial charge is 0.416 e. The fourth-order valence-electron chi connectivity index (χ4n) is 2.50. The van der Waals surface area contributed by atoms with Crippen LogP contribution in [0.25, 0.3) is 0 Å². The summed E-state index contributed by atoms with van der Waals surface area (Å²) >= 11 is 0. The van der Waals surface area contributed by atoms with Crippen molar-refractivity contribution in [3.8, 4) is 23.0 Å². The summed E-state index contributed by atoms with van der Waals surface area (Å²) in [6, 6.07) is 17.3. The number of rotatable bonds is 5. The molecule has 0 aliphatic carbocycles. The number of alkyl halides is 3. The topological polar surface area (TPSA) is 38.7 Å². The number of aryl methyl sites for hydroxylation is 1. The molecule has 0 radical (unpaired) electrons. The number of halogens is 3. The second kappa shape index (κ2) is 7.61. The monoisotopic (exact) mass is 374 g/mol. The van der Waals surface area contributed by atoms with Gasteiger partial charge in [0.1, 0.15) is 18.1 Å². The molecule has 0 unspecified atom stereocenters. The number of phenols is 1. The largest absolute Gasteiger partial charge is 0.504 e. The van der Waals surface area contributed by atoms with Crippen LogP contribution in [0.4, 0.5) is 13.2 Å². The van der Waals surface area contributed by atoms with Crippen molar-refractivity contribution in [1.29, 1.82) is 0 Å². The molecule has 0 atom stereocenters. The highest BCUT2D eigenvalue weighted by atomic mass is 19.4. The Morgan fingerprint density at radius 3 is 2.26 bits per heavy atom. The summed E-state index contributed by atoms with van der Waals surface area (Å²) in [5, 5.41) is 9.85. The lowest BCUT2D eigenvalue weighted by Gasteiger charge is -2.13. The summed E-state index contributed by atoms with van der Waals surface area (Å²) in [5.41, 5.74) is 0.910. The lowest BCUT2D eigenvalue weighted by molar-refractivity contribution is -0.137. The van der Waals surface area contributed by atoms with E-state index in [1.165, 1.54) is 0 Å². The van der Waals surface area contributed by atoms with Crippen molar-refractivity contribution < 1.29 is 27.8 Å². The van der Waals surface area contributed by atoms with Gasteiger partial charge in [-0.2, -0.15) is 13.2 Å². The van der Waals surface area contributed by atoms with E-state index in [-0.39, 0.29) is 5.75 Å². The minimum absolute atomic E-state index is 0.0670. The highest BCUT2D eigenvalue weighted by Crippen LogP contribution is 2.38. The van der Waals surface area contributed by atoms with Gasteiger partial charge < -0.3 is 14.6 Å². The van der Waals surface area contributed by atoms with Crippen LogP contribution in [-0.4, -0.2) is 5.11 Å². The summed E-state index contributed by atoms with van der Waals surface area (Å²) in [4.78, 5) is 0. The average Bonchev–Trinajstić information content (AvgIpc) is 2.61. The van der Waals surface area contributed by atoms with Crippen LogP contribution in [-0.2, 0) is 12.8 Å². The molecule has 6 heteroatoms. The molecule has 0 fully saturated rings. The first-order chi connectivity index (χ1) is 12.8. The van der Waals surface area contributed by atoms with E-state index >= 15 is 0 Å². The third-order valence-corrected chi connectivity index (χ3v) is 3.79. The number of aromatic hydroxyl groups is 1. The lowest BCUT2D eigenvalue weighted by atomic mass is 10.2. The van der Waals surface area contributed by atoms with E-state index in [4.69, 9.17) is 9.47 Å². The summed E-state index contributed by atoms with van der Waals surface area (Å²) in [5.74, 6) is 0.258. The minimum Gasteiger partial charge on any atom is -0.504 e. The van der Waals surface area contributed by atoms with Gasteiger partial charge >= 0.3 is 6.18 Å². The second-order valence-corrected chi connectivity index (χ2v) is 6.04. The van der Waals surface area contributed by atoms with Crippen LogP contribution in [0.15, 0.2) is 66.7 Å². The zero-order chi connectivity index (χ0) is 19.4. The molecular formula is C21H17F3O3. The minimum atomic E-state index is -4.53. The van der Waals surface area contributed by atoms with Crippen molar-refractivity contribution in [3.05, 3.63) is 83.4 Å². The quantitative estimate of drug-likeness (QED) is 0.587. The molecule has 0 aliphatic rings. The molecule has 1 N–H and O–H groups in total. The Morgan fingerprint density at radius 2 is 1.59 bits per heavy atom. The van der Waals surface area contributed by atoms with E-state index in [0.717, 1.165) is 23.3 Å². The zero-order valence-electron chi connectivity index (χ0n) is 14.5. The maximum atomic E-state index is 12.7. The molecule has 140 valence electrons. The maximum Gasteiger partial charge on any atom is 0.416 e. The van der Waals surface area contributed by atoms with Crippen molar-refractivity contribution in [2.45, 2.75) is 19.7 Å². The third kappa shape index (κ3) is 4.94. The summed E-state index contributed by atoms with van der Waals surface area (Å²) in [6.07, 6.45) is -4.53. The van der Waals surface area contributed by atoms with Gasteiger partial charge in [-0.15, -0.1) is 0 Å². The zero-order valence-corrected chi connectivity index (χ0v) is 14.5. The highest BCUT2D eigenvalue weighted by Gasteiger charge is 2.31.